The number of anilines is 1. The van der Waals surface area contributed by atoms with Gasteiger partial charge >= 0.3 is 0 Å². The lowest BCUT2D eigenvalue weighted by Crippen LogP contribution is -2.21. The van der Waals surface area contributed by atoms with E-state index < -0.39 is 0 Å². The summed E-state index contributed by atoms with van der Waals surface area (Å²) in [5.74, 6) is 0. The Morgan fingerprint density at radius 2 is 2.00 bits per heavy atom. The van der Waals surface area contributed by atoms with E-state index in [2.05, 4.69) is 28.7 Å². The van der Waals surface area contributed by atoms with Crippen LogP contribution in [0.5, 0.6) is 0 Å². The minimum atomic E-state index is 0.0770. The lowest BCUT2D eigenvalue weighted by molar-refractivity contribution is 0.284. The van der Waals surface area contributed by atoms with Crippen molar-refractivity contribution >= 4 is 16.5 Å². The third-order valence-corrected chi connectivity index (χ3v) is 4.16. The molecule has 0 saturated carbocycles. The Hall–Kier alpha value is -1.46. The second-order valence-electron chi connectivity index (χ2n) is 4.25. The first-order valence-corrected chi connectivity index (χ1v) is 7.33. The minimum absolute atomic E-state index is 0.0770. The molecule has 19 heavy (non-hydrogen) atoms. The van der Waals surface area contributed by atoms with Gasteiger partial charge in [-0.2, -0.15) is 0 Å². The number of rotatable bonds is 6. The normalized spacial score (nSPS) is 10.7. The van der Waals surface area contributed by atoms with Gasteiger partial charge in [0.2, 0.25) is 0 Å². The molecule has 0 aliphatic heterocycles. The molecule has 5 heteroatoms. The number of hydrogen-bond donors (Lipinski definition) is 1. The molecule has 0 spiro atoms. The van der Waals surface area contributed by atoms with Gasteiger partial charge in [0.1, 0.15) is 0 Å². The maximum absolute atomic E-state index is 9.35. The number of aromatic nitrogens is 2. The zero-order valence-corrected chi connectivity index (χ0v) is 12.2. The average molecular weight is 277 g/mol. The van der Waals surface area contributed by atoms with Gasteiger partial charge in [-0.05, 0) is 31.0 Å². The molecule has 2 heterocycles. The zero-order valence-electron chi connectivity index (χ0n) is 11.3. The van der Waals surface area contributed by atoms with Gasteiger partial charge in [-0.1, -0.05) is 18.3 Å². The maximum Gasteiger partial charge on any atom is 0.186 e. The summed E-state index contributed by atoms with van der Waals surface area (Å²) < 4.78 is 0. The second kappa shape index (κ2) is 6.63. The molecule has 0 aliphatic rings. The molecule has 0 saturated heterocycles. The Morgan fingerprint density at radius 3 is 2.53 bits per heavy atom. The number of pyridine rings is 1. The van der Waals surface area contributed by atoms with Crippen LogP contribution in [0.15, 0.2) is 24.5 Å². The van der Waals surface area contributed by atoms with Crippen molar-refractivity contribution in [1.82, 2.24) is 9.97 Å². The van der Waals surface area contributed by atoms with Crippen LogP contribution in [0.2, 0.25) is 0 Å². The third-order valence-electron chi connectivity index (χ3n) is 3.02. The molecule has 1 N–H and O–H groups in total. The number of hydrogen-bond acceptors (Lipinski definition) is 5. The van der Waals surface area contributed by atoms with Crippen molar-refractivity contribution in [3.05, 3.63) is 40.7 Å². The first-order valence-electron chi connectivity index (χ1n) is 6.51. The Balaban J connectivity index is 2.19. The molecule has 0 radical (unpaired) electrons. The van der Waals surface area contributed by atoms with Crippen LogP contribution in [-0.2, 0) is 19.6 Å². The SMILES string of the molecule is CCc1nc(N(CC)Cc2ccncc2)sc1CO. The number of thiazole rings is 1. The van der Waals surface area contributed by atoms with Crippen molar-refractivity contribution < 1.29 is 5.11 Å². The highest BCUT2D eigenvalue weighted by atomic mass is 32.1. The molecule has 0 amide bonds. The highest BCUT2D eigenvalue weighted by Crippen LogP contribution is 2.27. The topological polar surface area (TPSA) is 49.2 Å². The Labute approximate surface area is 117 Å². The molecule has 2 aromatic heterocycles. The van der Waals surface area contributed by atoms with Crippen molar-refractivity contribution in [3.8, 4) is 0 Å². The van der Waals surface area contributed by atoms with E-state index in [0.717, 1.165) is 35.2 Å². The molecular formula is C14H19N3OS. The standard InChI is InChI=1S/C14H19N3OS/c1-3-12-13(10-18)19-14(16-12)17(4-2)9-11-5-7-15-8-6-11/h5-8,18H,3-4,9-10H2,1-2H3. The zero-order chi connectivity index (χ0) is 13.7. The predicted molar refractivity (Wildman–Crippen MR) is 78.4 cm³/mol. The lowest BCUT2D eigenvalue weighted by atomic mass is 10.2. The summed E-state index contributed by atoms with van der Waals surface area (Å²) in [6.45, 7) is 5.97. The lowest BCUT2D eigenvalue weighted by Gasteiger charge is -2.19. The summed E-state index contributed by atoms with van der Waals surface area (Å²) in [5.41, 5.74) is 2.23. The summed E-state index contributed by atoms with van der Waals surface area (Å²) in [5, 5.41) is 10.3. The van der Waals surface area contributed by atoms with Gasteiger partial charge in [0.05, 0.1) is 17.2 Å². The highest BCUT2D eigenvalue weighted by Gasteiger charge is 2.14. The molecule has 0 aromatic carbocycles. The first kappa shape index (κ1) is 14.0. The summed E-state index contributed by atoms with van der Waals surface area (Å²) in [6.07, 6.45) is 4.47. The smallest absolute Gasteiger partial charge is 0.186 e. The van der Waals surface area contributed by atoms with E-state index in [1.807, 2.05) is 24.5 Å². The summed E-state index contributed by atoms with van der Waals surface area (Å²) >= 11 is 1.59. The van der Waals surface area contributed by atoms with E-state index in [1.54, 1.807) is 11.3 Å². The second-order valence-corrected chi connectivity index (χ2v) is 5.31. The van der Waals surface area contributed by atoms with Gasteiger partial charge in [-0.25, -0.2) is 4.98 Å². The van der Waals surface area contributed by atoms with Crippen LogP contribution in [-0.4, -0.2) is 21.6 Å². The number of aryl methyl sites for hydroxylation is 1. The summed E-state index contributed by atoms with van der Waals surface area (Å²) in [4.78, 5) is 11.9. The molecule has 0 fully saturated rings. The maximum atomic E-state index is 9.35. The van der Waals surface area contributed by atoms with Crippen LogP contribution in [0.4, 0.5) is 5.13 Å². The molecule has 0 aliphatic carbocycles. The van der Waals surface area contributed by atoms with Crippen LogP contribution in [0.1, 0.15) is 30.0 Å². The summed E-state index contributed by atoms with van der Waals surface area (Å²) in [6, 6.07) is 4.04. The fraction of sp³-hybridized carbons (Fsp3) is 0.429. The molecule has 0 unspecified atom stereocenters. The van der Waals surface area contributed by atoms with Crippen molar-refractivity contribution in [2.24, 2.45) is 0 Å². The minimum Gasteiger partial charge on any atom is -0.391 e. The van der Waals surface area contributed by atoms with Crippen LogP contribution in [0.25, 0.3) is 0 Å². The van der Waals surface area contributed by atoms with Gasteiger partial charge in [-0.3, -0.25) is 4.98 Å². The van der Waals surface area contributed by atoms with Gasteiger partial charge in [0.25, 0.3) is 0 Å². The fourth-order valence-electron chi connectivity index (χ4n) is 1.93. The van der Waals surface area contributed by atoms with Gasteiger partial charge in [0.15, 0.2) is 5.13 Å². The van der Waals surface area contributed by atoms with E-state index >= 15 is 0 Å². The van der Waals surface area contributed by atoms with Crippen molar-refractivity contribution in [2.75, 3.05) is 11.4 Å². The third kappa shape index (κ3) is 3.30. The quantitative estimate of drug-likeness (QED) is 0.882. The number of aliphatic hydroxyl groups excluding tert-OH is 1. The van der Waals surface area contributed by atoms with Crippen molar-refractivity contribution in [1.29, 1.82) is 0 Å². The average Bonchev–Trinajstić information content (AvgIpc) is 2.89. The number of aliphatic hydroxyl groups is 1. The van der Waals surface area contributed by atoms with E-state index in [-0.39, 0.29) is 6.61 Å². The largest absolute Gasteiger partial charge is 0.391 e. The van der Waals surface area contributed by atoms with Gasteiger partial charge < -0.3 is 10.0 Å². The van der Waals surface area contributed by atoms with Gasteiger partial charge in [-0.15, -0.1) is 0 Å². The Kier molecular flexibility index (Phi) is 4.87. The van der Waals surface area contributed by atoms with E-state index in [4.69, 9.17) is 0 Å². The van der Waals surface area contributed by atoms with Crippen LogP contribution < -0.4 is 4.90 Å². The molecule has 2 aromatic rings. The van der Waals surface area contributed by atoms with Crippen LogP contribution in [0, 0.1) is 0 Å². The van der Waals surface area contributed by atoms with E-state index in [0.29, 0.717) is 0 Å². The van der Waals surface area contributed by atoms with Crippen LogP contribution in [0.3, 0.4) is 0 Å². The van der Waals surface area contributed by atoms with E-state index in [9.17, 15) is 5.11 Å². The monoisotopic (exact) mass is 277 g/mol. The molecular weight excluding hydrogens is 258 g/mol. The number of nitrogens with zero attached hydrogens (tertiary/aromatic N) is 3. The fourth-order valence-corrected chi connectivity index (χ4v) is 3.00. The molecule has 0 atom stereocenters. The molecule has 102 valence electrons. The van der Waals surface area contributed by atoms with Crippen LogP contribution >= 0.6 is 11.3 Å². The first-order chi connectivity index (χ1) is 9.28. The van der Waals surface area contributed by atoms with E-state index in [1.165, 1.54) is 5.56 Å². The Bertz CT molecular complexity index is 491. The highest BCUT2D eigenvalue weighted by molar-refractivity contribution is 7.15. The molecule has 0 bridgehead atoms. The van der Waals surface area contributed by atoms with Gasteiger partial charge in [0, 0.05) is 25.5 Å². The van der Waals surface area contributed by atoms with Crippen molar-refractivity contribution in [3.63, 3.8) is 0 Å². The Morgan fingerprint density at radius 1 is 1.26 bits per heavy atom. The predicted octanol–water partition coefficient (Wildman–Crippen LogP) is 2.62. The molecule has 4 nitrogen and oxygen atoms in total. The molecule has 2 rings (SSSR count). The summed E-state index contributed by atoms with van der Waals surface area (Å²) in [7, 11) is 0. The van der Waals surface area contributed by atoms with Crippen molar-refractivity contribution in [2.45, 2.75) is 33.4 Å².